The van der Waals surface area contributed by atoms with Gasteiger partial charge in [0.25, 0.3) is 0 Å². The van der Waals surface area contributed by atoms with Crippen LogP contribution in [-0.2, 0) is 21.2 Å². The van der Waals surface area contributed by atoms with Crippen molar-refractivity contribution in [2.75, 3.05) is 18.9 Å². The maximum absolute atomic E-state index is 12.1. The van der Waals surface area contributed by atoms with E-state index in [4.69, 9.17) is 4.74 Å². The van der Waals surface area contributed by atoms with Crippen LogP contribution in [0.15, 0.2) is 24.3 Å². The Bertz CT molecular complexity index is 688. The minimum Gasteiger partial charge on any atom is -0.377 e. The minimum absolute atomic E-state index is 0.0623. The average molecular weight is 340 g/mol. The number of hydrogen-bond donors (Lipinski definition) is 1. The summed E-state index contributed by atoms with van der Waals surface area (Å²) in [4.78, 5) is 4.51. The second kappa shape index (κ2) is 7.04. The van der Waals surface area contributed by atoms with Gasteiger partial charge >= 0.3 is 0 Å². The van der Waals surface area contributed by atoms with E-state index in [1.165, 1.54) is 0 Å². The highest BCUT2D eigenvalue weighted by molar-refractivity contribution is 7.89. The molecule has 1 aromatic carbocycles. The van der Waals surface area contributed by atoms with Crippen molar-refractivity contribution in [1.82, 2.24) is 9.71 Å². The molecule has 1 N–H and O–H groups in total. The predicted molar refractivity (Wildman–Crippen MR) is 88.7 cm³/mol. The lowest BCUT2D eigenvalue weighted by Crippen LogP contribution is -2.35. The zero-order valence-corrected chi connectivity index (χ0v) is 14.0. The summed E-state index contributed by atoms with van der Waals surface area (Å²) >= 11 is 1.61. The number of para-hydroxylation sites is 1. The Balaban J connectivity index is 1.50. The first-order valence-corrected chi connectivity index (χ1v) is 10.0. The van der Waals surface area contributed by atoms with Gasteiger partial charge in [0, 0.05) is 19.6 Å². The van der Waals surface area contributed by atoms with Crippen molar-refractivity contribution < 1.29 is 13.2 Å². The van der Waals surface area contributed by atoms with Gasteiger partial charge in [-0.2, -0.15) is 0 Å². The van der Waals surface area contributed by atoms with Gasteiger partial charge in [-0.15, -0.1) is 11.3 Å². The molecule has 120 valence electrons. The number of hydrogen-bond acceptors (Lipinski definition) is 5. The Hall–Kier alpha value is -1.02. The quantitative estimate of drug-likeness (QED) is 0.876. The van der Waals surface area contributed by atoms with Crippen LogP contribution in [0.2, 0.25) is 0 Å². The molecule has 2 heterocycles. The Morgan fingerprint density at radius 3 is 2.95 bits per heavy atom. The summed E-state index contributed by atoms with van der Waals surface area (Å²) in [6.07, 6.45) is 3.37. The van der Waals surface area contributed by atoms with E-state index in [0.717, 1.165) is 34.5 Å². The van der Waals surface area contributed by atoms with E-state index in [-0.39, 0.29) is 11.9 Å². The molecular weight excluding hydrogens is 320 g/mol. The Labute approximate surface area is 134 Å². The van der Waals surface area contributed by atoms with E-state index in [9.17, 15) is 8.42 Å². The van der Waals surface area contributed by atoms with Gasteiger partial charge in [-0.25, -0.2) is 18.1 Å². The summed E-state index contributed by atoms with van der Waals surface area (Å²) < 4.78 is 33.4. The average Bonchev–Trinajstić information content (AvgIpc) is 2.90. The van der Waals surface area contributed by atoms with E-state index in [1.807, 2.05) is 24.3 Å². The van der Waals surface area contributed by atoms with Crippen LogP contribution in [0, 0.1) is 0 Å². The molecule has 0 amide bonds. The van der Waals surface area contributed by atoms with Crippen LogP contribution in [0.5, 0.6) is 0 Å². The Kier molecular flexibility index (Phi) is 5.07. The van der Waals surface area contributed by atoms with Crippen molar-refractivity contribution in [3.63, 3.8) is 0 Å². The molecule has 1 saturated heterocycles. The molecule has 0 radical (unpaired) electrons. The smallest absolute Gasteiger partial charge is 0.214 e. The van der Waals surface area contributed by atoms with Crippen LogP contribution >= 0.6 is 11.3 Å². The normalized spacial score (nSPS) is 19.5. The number of fused-ring (bicyclic) bond motifs is 1. The van der Waals surface area contributed by atoms with Crippen LogP contribution in [0.4, 0.5) is 0 Å². The summed E-state index contributed by atoms with van der Waals surface area (Å²) in [5.41, 5.74) is 0.973. The van der Waals surface area contributed by atoms with Crippen LogP contribution in [-0.4, -0.2) is 38.4 Å². The van der Waals surface area contributed by atoms with Crippen LogP contribution in [0.1, 0.15) is 24.3 Å². The molecule has 0 saturated carbocycles. The maximum atomic E-state index is 12.1. The number of sulfonamides is 1. The highest BCUT2D eigenvalue weighted by Crippen LogP contribution is 2.21. The van der Waals surface area contributed by atoms with E-state index >= 15 is 0 Å². The summed E-state index contributed by atoms with van der Waals surface area (Å²) in [5.74, 6) is 0.0623. The van der Waals surface area contributed by atoms with Crippen LogP contribution in [0.25, 0.3) is 10.2 Å². The third-order valence-electron chi connectivity index (χ3n) is 3.68. The van der Waals surface area contributed by atoms with Crippen LogP contribution in [0.3, 0.4) is 0 Å². The predicted octanol–water partition coefficient (Wildman–Crippen LogP) is 2.33. The van der Waals surface area contributed by atoms with Gasteiger partial charge in [-0.05, 0) is 31.4 Å². The molecule has 7 heteroatoms. The maximum Gasteiger partial charge on any atom is 0.214 e. The fourth-order valence-electron chi connectivity index (χ4n) is 2.58. The lowest BCUT2D eigenvalue weighted by atomic mass is 10.1. The number of thiazole rings is 1. The van der Waals surface area contributed by atoms with Crippen molar-refractivity contribution in [1.29, 1.82) is 0 Å². The van der Waals surface area contributed by atoms with Gasteiger partial charge in [-0.1, -0.05) is 12.1 Å². The summed E-state index contributed by atoms with van der Waals surface area (Å²) in [6.45, 7) is 1.06. The Morgan fingerprint density at radius 1 is 1.32 bits per heavy atom. The summed E-state index contributed by atoms with van der Waals surface area (Å²) in [6, 6.07) is 7.94. The third kappa shape index (κ3) is 4.25. The van der Waals surface area contributed by atoms with Gasteiger partial charge in [0.2, 0.25) is 10.0 Å². The number of aromatic nitrogens is 1. The lowest BCUT2D eigenvalue weighted by molar-refractivity contribution is 0.0304. The van der Waals surface area contributed by atoms with Gasteiger partial charge in [0.15, 0.2) is 0 Å². The number of nitrogens with zero attached hydrogens (tertiary/aromatic N) is 1. The van der Waals surface area contributed by atoms with E-state index in [1.54, 1.807) is 11.3 Å². The molecule has 0 bridgehead atoms. The van der Waals surface area contributed by atoms with Crippen molar-refractivity contribution in [3.8, 4) is 0 Å². The largest absolute Gasteiger partial charge is 0.377 e. The van der Waals surface area contributed by atoms with Crippen LogP contribution < -0.4 is 4.72 Å². The van der Waals surface area contributed by atoms with Crippen molar-refractivity contribution in [2.45, 2.75) is 31.8 Å². The van der Waals surface area contributed by atoms with Gasteiger partial charge in [-0.3, -0.25) is 0 Å². The fourth-order valence-corrected chi connectivity index (χ4v) is 4.83. The first kappa shape index (κ1) is 15.9. The molecule has 5 nitrogen and oxygen atoms in total. The lowest BCUT2D eigenvalue weighted by Gasteiger charge is -2.22. The molecule has 1 aliphatic heterocycles. The number of ether oxygens (including phenoxy) is 1. The SMILES string of the molecule is O=S(=O)(CC1CCCCO1)NCCc1nc2ccccc2s1. The second-order valence-electron chi connectivity index (χ2n) is 5.49. The summed E-state index contributed by atoms with van der Waals surface area (Å²) in [5, 5.41) is 0.956. The van der Waals surface area contributed by atoms with E-state index < -0.39 is 10.0 Å². The molecule has 1 aliphatic rings. The minimum atomic E-state index is -3.28. The molecule has 1 aromatic heterocycles. The third-order valence-corrected chi connectivity index (χ3v) is 6.23. The van der Waals surface area contributed by atoms with Crippen molar-refractivity contribution in [3.05, 3.63) is 29.3 Å². The first-order chi connectivity index (χ1) is 10.6. The molecule has 1 fully saturated rings. The number of benzene rings is 1. The highest BCUT2D eigenvalue weighted by atomic mass is 32.2. The van der Waals surface area contributed by atoms with Gasteiger partial charge in [0.1, 0.15) is 0 Å². The summed E-state index contributed by atoms with van der Waals surface area (Å²) in [7, 11) is -3.28. The second-order valence-corrected chi connectivity index (χ2v) is 8.46. The first-order valence-electron chi connectivity index (χ1n) is 7.56. The number of rotatable bonds is 6. The van der Waals surface area contributed by atoms with E-state index in [2.05, 4.69) is 9.71 Å². The molecule has 22 heavy (non-hydrogen) atoms. The van der Waals surface area contributed by atoms with Gasteiger partial charge in [0.05, 0.1) is 27.1 Å². The molecule has 2 aromatic rings. The zero-order valence-electron chi connectivity index (χ0n) is 12.3. The van der Waals surface area contributed by atoms with Crippen molar-refractivity contribution >= 4 is 31.6 Å². The van der Waals surface area contributed by atoms with Crippen molar-refractivity contribution in [2.24, 2.45) is 0 Å². The topological polar surface area (TPSA) is 68.3 Å². The monoisotopic (exact) mass is 340 g/mol. The Morgan fingerprint density at radius 2 is 2.18 bits per heavy atom. The molecule has 0 aliphatic carbocycles. The number of nitrogens with one attached hydrogen (secondary N) is 1. The standard InChI is InChI=1S/C15H20N2O3S2/c18-22(19,11-12-5-3-4-10-20-12)16-9-8-15-17-13-6-1-2-7-14(13)21-15/h1-2,6-7,12,16H,3-5,8-11H2. The molecular formula is C15H20N2O3S2. The zero-order chi connectivity index (χ0) is 15.4. The fraction of sp³-hybridized carbons (Fsp3) is 0.533. The molecule has 1 atom stereocenters. The molecule has 3 rings (SSSR count). The van der Waals surface area contributed by atoms with E-state index in [0.29, 0.717) is 19.6 Å². The molecule has 0 spiro atoms. The highest BCUT2D eigenvalue weighted by Gasteiger charge is 2.21. The molecule has 1 unspecified atom stereocenters. The van der Waals surface area contributed by atoms with Gasteiger partial charge < -0.3 is 4.74 Å².